The average Bonchev–Trinajstić information content (AvgIpc) is 2.73. The molecule has 0 bridgehead atoms. The highest BCUT2D eigenvalue weighted by Gasteiger charge is 2.20. The summed E-state index contributed by atoms with van der Waals surface area (Å²) in [6.07, 6.45) is 6.45. The quantitative estimate of drug-likeness (QED) is 0.738. The molecule has 1 atom stereocenters. The van der Waals surface area contributed by atoms with Crippen molar-refractivity contribution in [2.75, 3.05) is 45.9 Å². The summed E-state index contributed by atoms with van der Waals surface area (Å²) in [6, 6.07) is -0.160. The van der Waals surface area contributed by atoms with Crippen LogP contribution in [0.25, 0.3) is 0 Å². The van der Waals surface area contributed by atoms with Crippen molar-refractivity contribution < 1.29 is 9.53 Å². The summed E-state index contributed by atoms with van der Waals surface area (Å²) in [7, 11) is 0. The summed E-state index contributed by atoms with van der Waals surface area (Å²) in [5, 5.41) is 6.17. The number of nitrogens with zero attached hydrogens (tertiary/aromatic N) is 1. The zero-order valence-corrected chi connectivity index (χ0v) is 14.3. The van der Waals surface area contributed by atoms with Crippen LogP contribution in [0.2, 0.25) is 0 Å². The van der Waals surface area contributed by atoms with Gasteiger partial charge in [-0.1, -0.05) is 12.8 Å². The summed E-state index contributed by atoms with van der Waals surface area (Å²) in [5.41, 5.74) is 0. The standard InChI is InChI=1S/C14H27N3O2.2ClH/c18-14(13-12-19-11-7-15-13)16-6-5-10-17-8-3-1-2-4-9-17;;/h13,15H,1-12H2,(H,16,18);2*1H. The molecule has 0 aliphatic carbocycles. The molecular weight excluding hydrogens is 313 g/mol. The van der Waals surface area contributed by atoms with Gasteiger partial charge in [-0.05, 0) is 38.9 Å². The topological polar surface area (TPSA) is 53.6 Å². The number of carbonyl (C=O) groups is 1. The van der Waals surface area contributed by atoms with E-state index in [0.29, 0.717) is 13.2 Å². The molecule has 1 unspecified atom stereocenters. The molecule has 0 radical (unpaired) electrons. The van der Waals surface area contributed by atoms with Gasteiger partial charge in [0.15, 0.2) is 0 Å². The predicted molar refractivity (Wildman–Crippen MR) is 89.6 cm³/mol. The molecule has 2 aliphatic heterocycles. The number of rotatable bonds is 5. The Bertz CT molecular complexity index is 269. The van der Waals surface area contributed by atoms with E-state index < -0.39 is 0 Å². The lowest BCUT2D eigenvalue weighted by atomic mass is 10.2. The Morgan fingerprint density at radius 3 is 2.52 bits per heavy atom. The monoisotopic (exact) mass is 341 g/mol. The van der Waals surface area contributed by atoms with Crippen LogP contribution >= 0.6 is 24.8 Å². The van der Waals surface area contributed by atoms with E-state index in [1.807, 2.05) is 0 Å². The summed E-state index contributed by atoms with van der Waals surface area (Å²) in [5.74, 6) is 0.0792. The van der Waals surface area contributed by atoms with Crippen molar-refractivity contribution >= 4 is 30.7 Å². The molecule has 126 valence electrons. The van der Waals surface area contributed by atoms with Crippen LogP contribution in [0, 0.1) is 0 Å². The Hall–Kier alpha value is -0.0700. The van der Waals surface area contributed by atoms with Crippen molar-refractivity contribution in [3.8, 4) is 0 Å². The van der Waals surface area contributed by atoms with Gasteiger partial charge in [0.25, 0.3) is 0 Å². The van der Waals surface area contributed by atoms with E-state index in [2.05, 4.69) is 15.5 Å². The fourth-order valence-electron chi connectivity index (χ4n) is 2.73. The van der Waals surface area contributed by atoms with Gasteiger partial charge < -0.3 is 20.3 Å². The minimum atomic E-state index is -0.160. The van der Waals surface area contributed by atoms with Crippen LogP contribution in [0.15, 0.2) is 0 Å². The lowest BCUT2D eigenvalue weighted by molar-refractivity contribution is -0.125. The molecule has 7 heteroatoms. The van der Waals surface area contributed by atoms with E-state index in [1.54, 1.807) is 0 Å². The smallest absolute Gasteiger partial charge is 0.239 e. The Morgan fingerprint density at radius 1 is 1.19 bits per heavy atom. The number of amides is 1. The van der Waals surface area contributed by atoms with E-state index in [0.717, 1.165) is 26.1 Å². The third kappa shape index (κ3) is 8.21. The van der Waals surface area contributed by atoms with Crippen molar-refractivity contribution in [3.05, 3.63) is 0 Å². The number of halogens is 2. The second-order valence-corrected chi connectivity index (χ2v) is 5.48. The molecule has 2 N–H and O–H groups in total. The molecule has 21 heavy (non-hydrogen) atoms. The lowest BCUT2D eigenvalue weighted by Crippen LogP contribution is -2.51. The van der Waals surface area contributed by atoms with Crippen molar-refractivity contribution in [1.82, 2.24) is 15.5 Å². The minimum absolute atomic E-state index is 0. The van der Waals surface area contributed by atoms with E-state index >= 15 is 0 Å². The average molecular weight is 342 g/mol. The number of hydrogen-bond donors (Lipinski definition) is 2. The van der Waals surface area contributed by atoms with Crippen molar-refractivity contribution in [2.45, 2.75) is 38.1 Å². The summed E-state index contributed by atoms with van der Waals surface area (Å²) >= 11 is 0. The summed E-state index contributed by atoms with van der Waals surface area (Å²) < 4.78 is 5.29. The zero-order chi connectivity index (χ0) is 13.3. The van der Waals surface area contributed by atoms with Crippen LogP contribution < -0.4 is 10.6 Å². The number of ether oxygens (including phenoxy) is 1. The summed E-state index contributed by atoms with van der Waals surface area (Å²) in [4.78, 5) is 14.4. The first-order valence-electron chi connectivity index (χ1n) is 7.67. The third-order valence-corrected chi connectivity index (χ3v) is 3.89. The fourth-order valence-corrected chi connectivity index (χ4v) is 2.73. The largest absolute Gasteiger partial charge is 0.378 e. The molecule has 2 rings (SSSR count). The van der Waals surface area contributed by atoms with E-state index in [1.165, 1.54) is 38.8 Å². The van der Waals surface area contributed by atoms with Crippen molar-refractivity contribution in [1.29, 1.82) is 0 Å². The van der Waals surface area contributed by atoms with Gasteiger partial charge in [-0.2, -0.15) is 0 Å². The molecule has 2 saturated heterocycles. The van der Waals surface area contributed by atoms with Gasteiger partial charge in [0.2, 0.25) is 5.91 Å². The molecule has 0 aromatic rings. The van der Waals surface area contributed by atoms with E-state index in [9.17, 15) is 4.79 Å². The normalized spacial score (nSPS) is 23.3. The van der Waals surface area contributed by atoms with E-state index in [-0.39, 0.29) is 36.8 Å². The molecule has 0 saturated carbocycles. The van der Waals surface area contributed by atoms with Gasteiger partial charge in [0.1, 0.15) is 6.04 Å². The Morgan fingerprint density at radius 2 is 1.90 bits per heavy atom. The number of hydrogen-bond acceptors (Lipinski definition) is 4. The van der Waals surface area contributed by atoms with Crippen LogP contribution in [0.3, 0.4) is 0 Å². The molecule has 2 heterocycles. The van der Waals surface area contributed by atoms with Gasteiger partial charge in [-0.3, -0.25) is 4.79 Å². The number of morpholine rings is 1. The predicted octanol–water partition coefficient (Wildman–Crippen LogP) is 1.20. The van der Waals surface area contributed by atoms with Crippen molar-refractivity contribution in [3.63, 3.8) is 0 Å². The second-order valence-electron chi connectivity index (χ2n) is 5.48. The first kappa shape index (κ1) is 20.9. The van der Waals surface area contributed by atoms with Crippen LogP contribution in [-0.2, 0) is 9.53 Å². The van der Waals surface area contributed by atoms with Gasteiger partial charge in [0, 0.05) is 13.1 Å². The molecule has 2 fully saturated rings. The minimum Gasteiger partial charge on any atom is -0.378 e. The van der Waals surface area contributed by atoms with Crippen LogP contribution in [-0.4, -0.2) is 62.8 Å². The molecule has 0 aromatic heterocycles. The Kier molecular flexibility index (Phi) is 12.4. The maximum Gasteiger partial charge on any atom is 0.239 e. The number of carbonyl (C=O) groups excluding carboxylic acids is 1. The first-order chi connectivity index (χ1) is 9.36. The third-order valence-electron chi connectivity index (χ3n) is 3.89. The number of likely N-dealkylation sites (tertiary alicyclic amines) is 1. The molecule has 5 nitrogen and oxygen atoms in total. The zero-order valence-electron chi connectivity index (χ0n) is 12.6. The number of nitrogens with one attached hydrogen (secondary N) is 2. The maximum atomic E-state index is 11.8. The van der Waals surface area contributed by atoms with Crippen LogP contribution in [0.5, 0.6) is 0 Å². The fraction of sp³-hybridized carbons (Fsp3) is 0.929. The molecule has 1 amide bonds. The molecular formula is C14H29Cl2N3O2. The van der Waals surface area contributed by atoms with Gasteiger partial charge in [0.05, 0.1) is 13.2 Å². The highest BCUT2D eigenvalue weighted by molar-refractivity contribution is 5.85. The lowest BCUT2D eigenvalue weighted by Gasteiger charge is -2.23. The van der Waals surface area contributed by atoms with Crippen LogP contribution in [0.1, 0.15) is 32.1 Å². The highest BCUT2D eigenvalue weighted by atomic mass is 35.5. The SMILES string of the molecule is Cl.Cl.O=C(NCCCN1CCCCCC1)C1COCCN1. The van der Waals surface area contributed by atoms with Gasteiger partial charge >= 0.3 is 0 Å². The van der Waals surface area contributed by atoms with Gasteiger partial charge in [-0.15, -0.1) is 24.8 Å². The Balaban J connectivity index is 0.00000200. The molecule has 0 aromatic carbocycles. The molecule has 0 spiro atoms. The van der Waals surface area contributed by atoms with E-state index in [4.69, 9.17) is 4.74 Å². The Labute approximate surface area is 140 Å². The maximum absolute atomic E-state index is 11.8. The first-order valence-corrected chi connectivity index (χ1v) is 7.67. The molecule has 2 aliphatic rings. The highest BCUT2D eigenvalue weighted by Crippen LogP contribution is 2.09. The summed E-state index contributed by atoms with van der Waals surface area (Å²) in [6.45, 7) is 6.31. The second kappa shape index (κ2) is 12.5. The van der Waals surface area contributed by atoms with Gasteiger partial charge in [-0.25, -0.2) is 0 Å². The van der Waals surface area contributed by atoms with Crippen molar-refractivity contribution in [2.24, 2.45) is 0 Å². The van der Waals surface area contributed by atoms with Crippen LogP contribution in [0.4, 0.5) is 0 Å².